The average Bonchev–Trinajstić information content (AvgIpc) is 2.46. The minimum absolute atomic E-state index is 0.314. The average molecular weight is 284 g/mol. The molecule has 3 aromatic rings. The molecule has 0 fully saturated rings. The molecule has 0 atom stereocenters. The van der Waals surface area contributed by atoms with Gasteiger partial charge in [-0.25, -0.2) is 9.97 Å². The molecule has 0 spiro atoms. The van der Waals surface area contributed by atoms with Gasteiger partial charge in [-0.1, -0.05) is 29.8 Å². The largest absolute Gasteiger partial charge is 0.439 e. The zero-order valence-corrected chi connectivity index (χ0v) is 11.0. The summed E-state index contributed by atoms with van der Waals surface area (Å²) in [6.45, 7) is 0. The lowest BCUT2D eigenvalue weighted by Gasteiger charge is -2.06. The van der Waals surface area contributed by atoms with Crippen molar-refractivity contribution in [2.75, 3.05) is 0 Å². The van der Waals surface area contributed by atoms with E-state index < -0.39 is 0 Å². The Labute approximate surface area is 120 Å². The Morgan fingerprint density at radius 1 is 1.10 bits per heavy atom. The van der Waals surface area contributed by atoms with Crippen molar-refractivity contribution in [2.45, 2.75) is 0 Å². The number of halogens is 1. The molecule has 0 bridgehead atoms. The lowest BCUT2D eigenvalue weighted by molar-refractivity contribution is 0.462. The summed E-state index contributed by atoms with van der Waals surface area (Å²) in [5.74, 6) is 0.970. The first kappa shape index (κ1) is 12.6. The summed E-state index contributed by atoms with van der Waals surface area (Å²) >= 11 is 5.77. The van der Waals surface area contributed by atoms with Crippen molar-refractivity contribution in [1.29, 1.82) is 0 Å². The summed E-state index contributed by atoms with van der Waals surface area (Å²) in [5.41, 5.74) is 0.527. The van der Waals surface area contributed by atoms with Gasteiger partial charge in [-0.05, 0) is 29.0 Å². The Morgan fingerprint density at radius 3 is 2.80 bits per heavy atom. The van der Waals surface area contributed by atoms with Crippen molar-refractivity contribution in [3.8, 4) is 11.6 Å². The van der Waals surface area contributed by atoms with Gasteiger partial charge in [0.2, 0.25) is 12.2 Å². The molecule has 0 unspecified atom stereocenters. The first-order valence-corrected chi connectivity index (χ1v) is 6.20. The van der Waals surface area contributed by atoms with Crippen LogP contribution in [0.5, 0.6) is 11.6 Å². The minimum atomic E-state index is 0.314. The maximum absolute atomic E-state index is 10.8. The van der Waals surface area contributed by atoms with Crippen molar-refractivity contribution in [1.82, 2.24) is 9.97 Å². The number of hydrogen-bond acceptors (Lipinski definition) is 4. The zero-order chi connectivity index (χ0) is 13.9. The van der Waals surface area contributed by atoms with E-state index in [1.807, 2.05) is 24.5 Å². The van der Waals surface area contributed by atoms with E-state index in [-0.39, 0.29) is 0 Å². The van der Waals surface area contributed by atoms with E-state index in [4.69, 9.17) is 16.3 Å². The third-order valence-corrected chi connectivity index (χ3v) is 3.00. The molecule has 0 amide bonds. The van der Waals surface area contributed by atoms with E-state index in [1.165, 1.54) is 12.4 Å². The summed E-state index contributed by atoms with van der Waals surface area (Å²) in [7, 11) is 0. The highest BCUT2D eigenvalue weighted by Crippen LogP contribution is 2.26. The van der Waals surface area contributed by atoms with Crippen LogP contribution in [0.3, 0.4) is 0 Å². The lowest BCUT2D eigenvalue weighted by Crippen LogP contribution is -1.90. The standard InChI is InChI=1S/C15H8ClN2O2/c16-14-7-15(18-9-17-14)20-12-4-5-13-10(6-12)2-1-3-11(13)8-19/h1-7,9H. The van der Waals surface area contributed by atoms with Crippen molar-refractivity contribution in [3.63, 3.8) is 0 Å². The van der Waals surface area contributed by atoms with Crippen molar-refractivity contribution in [3.05, 3.63) is 59.5 Å². The van der Waals surface area contributed by atoms with Gasteiger partial charge < -0.3 is 4.74 Å². The molecule has 3 rings (SSSR count). The second-order valence-corrected chi connectivity index (χ2v) is 4.46. The number of aromatic nitrogens is 2. The second kappa shape index (κ2) is 5.27. The second-order valence-electron chi connectivity index (χ2n) is 4.07. The molecule has 20 heavy (non-hydrogen) atoms. The normalized spacial score (nSPS) is 10.4. The van der Waals surface area contributed by atoms with Gasteiger partial charge in [0.1, 0.15) is 17.2 Å². The molecule has 97 valence electrons. The van der Waals surface area contributed by atoms with Crippen molar-refractivity contribution < 1.29 is 9.53 Å². The van der Waals surface area contributed by atoms with Crippen LogP contribution in [-0.4, -0.2) is 16.3 Å². The van der Waals surface area contributed by atoms with Crippen LogP contribution in [0.1, 0.15) is 5.56 Å². The van der Waals surface area contributed by atoms with Gasteiger partial charge in [-0.3, -0.25) is 4.79 Å². The van der Waals surface area contributed by atoms with E-state index in [1.54, 1.807) is 18.2 Å². The fourth-order valence-electron chi connectivity index (χ4n) is 1.91. The molecule has 5 heteroatoms. The van der Waals surface area contributed by atoms with Gasteiger partial charge in [-0.15, -0.1) is 0 Å². The van der Waals surface area contributed by atoms with Crippen LogP contribution < -0.4 is 4.74 Å². The first-order chi connectivity index (χ1) is 9.76. The summed E-state index contributed by atoms with van der Waals surface area (Å²) in [4.78, 5) is 18.6. The number of fused-ring (bicyclic) bond motifs is 1. The van der Waals surface area contributed by atoms with E-state index in [2.05, 4.69) is 9.97 Å². The SMILES string of the molecule is O=[C]c1cccc2cc(Oc3cc(Cl)ncn3)ccc12. The summed E-state index contributed by atoms with van der Waals surface area (Å²) in [5, 5.41) is 2.03. The van der Waals surface area contributed by atoms with Crippen LogP contribution >= 0.6 is 11.6 Å². The zero-order valence-electron chi connectivity index (χ0n) is 10.2. The molecular formula is C15H8ClN2O2. The predicted octanol–water partition coefficient (Wildman–Crippen LogP) is 3.53. The molecule has 0 N–H and O–H groups in total. The monoisotopic (exact) mass is 283 g/mol. The molecule has 0 saturated heterocycles. The van der Waals surface area contributed by atoms with E-state index in [0.29, 0.717) is 22.3 Å². The van der Waals surface area contributed by atoms with Crippen LogP contribution in [0, 0.1) is 0 Å². The number of nitrogens with zero attached hydrogens (tertiary/aromatic N) is 2. The van der Waals surface area contributed by atoms with E-state index in [9.17, 15) is 4.79 Å². The number of benzene rings is 2. The highest BCUT2D eigenvalue weighted by atomic mass is 35.5. The van der Waals surface area contributed by atoms with Crippen LogP contribution in [-0.2, 0) is 4.79 Å². The molecule has 0 aliphatic carbocycles. The molecule has 1 heterocycles. The fourth-order valence-corrected chi connectivity index (χ4v) is 2.05. The predicted molar refractivity (Wildman–Crippen MR) is 75.9 cm³/mol. The minimum Gasteiger partial charge on any atom is -0.439 e. The van der Waals surface area contributed by atoms with Gasteiger partial charge in [0, 0.05) is 11.6 Å². The van der Waals surface area contributed by atoms with Gasteiger partial charge in [0.25, 0.3) is 0 Å². The van der Waals surface area contributed by atoms with Crippen molar-refractivity contribution >= 4 is 28.7 Å². The molecule has 1 radical (unpaired) electrons. The topological polar surface area (TPSA) is 52.1 Å². The molecule has 0 saturated carbocycles. The maximum atomic E-state index is 10.8. The van der Waals surface area contributed by atoms with Crippen LogP contribution in [0.2, 0.25) is 5.15 Å². The molecule has 1 aromatic heterocycles. The van der Waals surface area contributed by atoms with Gasteiger partial charge in [0.15, 0.2) is 0 Å². The highest BCUT2D eigenvalue weighted by Gasteiger charge is 2.04. The Kier molecular flexibility index (Phi) is 3.31. The highest BCUT2D eigenvalue weighted by molar-refractivity contribution is 6.29. The molecule has 0 aliphatic heterocycles. The fraction of sp³-hybridized carbons (Fsp3) is 0. The smallest absolute Gasteiger partial charge is 0.234 e. The number of carbonyl (C=O) groups excluding carboxylic acids is 1. The molecular weight excluding hydrogens is 276 g/mol. The Morgan fingerprint density at radius 2 is 2.00 bits per heavy atom. The molecule has 2 aromatic carbocycles. The van der Waals surface area contributed by atoms with Crippen LogP contribution in [0.4, 0.5) is 0 Å². The Balaban J connectivity index is 1.99. The maximum Gasteiger partial charge on any atom is 0.234 e. The number of ether oxygens (including phenoxy) is 1. The van der Waals surface area contributed by atoms with Gasteiger partial charge >= 0.3 is 0 Å². The Bertz CT molecular complexity index is 790. The van der Waals surface area contributed by atoms with Crippen LogP contribution in [0.15, 0.2) is 48.8 Å². The summed E-state index contributed by atoms with van der Waals surface area (Å²) < 4.78 is 5.61. The van der Waals surface area contributed by atoms with Gasteiger partial charge in [0.05, 0.1) is 0 Å². The van der Waals surface area contributed by atoms with Gasteiger partial charge in [-0.2, -0.15) is 0 Å². The summed E-state index contributed by atoms with van der Waals surface area (Å²) in [6, 6.07) is 12.4. The quantitative estimate of drug-likeness (QED) is 0.690. The third-order valence-electron chi connectivity index (χ3n) is 2.79. The molecule has 0 aliphatic rings. The first-order valence-electron chi connectivity index (χ1n) is 5.82. The number of rotatable bonds is 3. The van der Waals surface area contributed by atoms with E-state index >= 15 is 0 Å². The van der Waals surface area contributed by atoms with E-state index in [0.717, 1.165) is 10.8 Å². The van der Waals surface area contributed by atoms with Crippen LogP contribution in [0.25, 0.3) is 10.8 Å². The number of hydrogen-bond donors (Lipinski definition) is 0. The lowest BCUT2D eigenvalue weighted by atomic mass is 10.1. The summed E-state index contributed by atoms with van der Waals surface area (Å²) in [6.07, 6.45) is 3.25. The Hall–Kier alpha value is -2.46. The molecule has 4 nitrogen and oxygen atoms in total. The third kappa shape index (κ3) is 2.46. The van der Waals surface area contributed by atoms with Crippen molar-refractivity contribution in [2.24, 2.45) is 0 Å².